The molecule has 1 heterocycles. The van der Waals surface area contributed by atoms with Crippen LogP contribution in [0, 0.1) is 6.92 Å². The van der Waals surface area contributed by atoms with Crippen molar-refractivity contribution in [3.8, 4) is 0 Å². The summed E-state index contributed by atoms with van der Waals surface area (Å²) in [6, 6.07) is -0.532. The molecule has 0 aliphatic heterocycles. The van der Waals surface area contributed by atoms with Gasteiger partial charge in [0.25, 0.3) is 0 Å². The third kappa shape index (κ3) is 3.61. The number of hydrogen-bond donors (Lipinski definition) is 2. The SMILES string of the molecule is Cc1cnc(C(C)NS(=O)(=O)CCO)o1. The quantitative estimate of drug-likeness (QED) is 0.745. The number of oxazole rings is 1. The van der Waals surface area contributed by atoms with Gasteiger partial charge in [0.15, 0.2) is 0 Å². The lowest BCUT2D eigenvalue weighted by molar-refractivity contribution is 0.318. The molecule has 0 fully saturated rings. The van der Waals surface area contributed by atoms with Crippen molar-refractivity contribution in [3.63, 3.8) is 0 Å². The zero-order chi connectivity index (χ0) is 11.5. The molecular formula is C8H14N2O4S. The molecule has 0 aromatic carbocycles. The molecular weight excluding hydrogens is 220 g/mol. The van der Waals surface area contributed by atoms with E-state index in [4.69, 9.17) is 9.52 Å². The number of aromatic nitrogens is 1. The highest BCUT2D eigenvalue weighted by Crippen LogP contribution is 2.12. The van der Waals surface area contributed by atoms with Crippen molar-refractivity contribution in [2.75, 3.05) is 12.4 Å². The number of aliphatic hydroxyl groups excluding tert-OH is 1. The second kappa shape index (κ2) is 4.73. The molecule has 0 saturated carbocycles. The second-order valence-electron chi connectivity index (χ2n) is 3.19. The highest BCUT2D eigenvalue weighted by Gasteiger charge is 2.18. The lowest BCUT2D eigenvalue weighted by atomic mass is 10.4. The molecule has 1 aromatic rings. The first-order chi connectivity index (χ1) is 6.94. The second-order valence-corrected chi connectivity index (χ2v) is 5.06. The number of aryl methyl sites for hydroxylation is 1. The predicted molar refractivity (Wildman–Crippen MR) is 53.7 cm³/mol. The lowest BCUT2D eigenvalue weighted by Crippen LogP contribution is -2.30. The van der Waals surface area contributed by atoms with Crippen LogP contribution in [0.15, 0.2) is 10.6 Å². The largest absolute Gasteiger partial charge is 0.444 e. The summed E-state index contributed by atoms with van der Waals surface area (Å²) in [5.41, 5.74) is 0. The topological polar surface area (TPSA) is 92.4 Å². The van der Waals surface area contributed by atoms with E-state index < -0.39 is 22.7 Å². The number of rotatable bonds is 5. The van der Waals surface area contributed by atoms with Gasteiger partial charge in [-0.05, 0) is 13.8 Å². The van der Waals surface area contributed by atoms with E-state index in [1.54, 1.807) is 13.8 Å². The average Bonchev–Trinajstić information content (AvgIpc) is 2.50. The van der Waals surface area contributed by atoms with E-state index in [0.29, 0.717) is 11.7 Å². The Labute approximate surface area is 88.4 Å². The summed E-state index contributed by atoms with van der Waals surface area (Å²) in [7, 11) is -3.47. The van der Waals surface area contributed by atoms with Gasteiger partial charge in [0.05, 0.1) is 24.6 Å². The van der Waals surface area contributed by atoms with Crippen LogP contribution in [0.1, 0.15) is 24.6 Å². The maximum Gasteiger partial charge on any atom is 0.214 e. The minimum absolute atomic E-state index is 0.314. The van der Waals surface area contributed by atoms with E-state index in [1.807, 2.05) is 0 Å². The standard InChI is InChI=1S/C8H14N2O4S/c1-6-5-9-8(14-6)7(2)10-15(12,13)4-3-11/h5,7,10-11H,3-4H2,1-2H3. The van der Waals surface area contributed by atoms with Crippen molar-refractivity contribution in [2.45, 2.75) is 19.9 Å². The molecule has 0 bridgehead atoms. The molecule has 0 radical (unpaired) electrons. The summed E-state index contributed by atoms with van der Waals surface area (Å²) < 4.78 is 30.1. The van der Waals surface area contributed by atoms with Crippen molar-refractivity contribution < 1.29 is 17.9 Å². The van der Waals surface area contributed by atoms with Crippen molar-refractivity contribution in [3.05, 3.63) is 17.8 Å². The smallest absolute Gasteiger partial charge is 0.214 e. The highest BCUT2D eigenvalue weighted by atomic mass is 32.2. The first-order valence-corrected chi connectivity index (χ1v) is 6.13. The molecule has 1 atom stereocenters. The van der Waals surface area contributed by atoms with E-state index in [-0.39, 0.29) is 5.75 Å². The first-order valence-electron chi connectivity index (χ1n) is 4.48. The number of sulfonamides is 1. The van der Waals surface area contributed by atoms with Gasteiger partial charge in [-0.3, -0.25) is 0 Å². The Bertz CT molecular complexity index is 412. The number of hydrogen-bond acceptors (Lipinski definition) is 5. The Morgan fingerprint density at radius 1 is 1.67 bits per heavy atom. The predicted octanol–water partition coefficient (Wildman–Crippen LogP) is -0.0443. The van der Waals surface area contributed by atoms with Crippen LogP contribution in [0.4, 0.5) is 0 Å². The Morgan fingerprint density at radius 3 is 2.80 bits per heavy atom. The molecule has 86 valence electrons. The van der Waals surface area contributed by atoms with Crippen molar-refractivity contribution >= 4 is 10.0 Å². The molecule has 0 amide bonds. The zero-order valence-corrected chi connectivity index (χ0v) is 9.41. The van der Waals surface area contributed by atoms with E-state index in [9.17, 15) is 8.42 Å². The Morgan fingerprint density at radius 2 is 2.33 bits per heavy atom. The van der Waals surface area contributed by atoms with E-state index in [2.05, 4.69) is 9.71 Å². The molecule has 0 aliphatic carbocycles. The monoisotopic (exact) mass is 234 g/mol. The van der Waals surface area contributed by atoms with E-state index >= 15 is 0 Å². The lowest BCUT2D eigenvalue weighted by Gasteiger charge is -2.09. The first kappa shape index (κ1) is 12.2. The summed E-state index contributed by atoms with van der Waals surface area (Å²) in [5.74, 6) is 0.615. The van der Waals surface area contributed by atoms with E-state index in [0.717, 1.165) is 0 Å². The molecule has 1 aromatic heterocycles. The molecule has 6 nitrogen and oxygen atoms in total. The third-order valence-electron chi connectivity index (χ3n) is 1.73. The Hall–Kier alpha value is -0.920. The number of nitrogens with one attached hydrogen (secondary N) is 1. The van der Waals surface area contributed by atoms with Gasteiger partial charge < -0.3 is 9.52 Å². The number of nitrogens with zero attached hydrogens (tertiary/aromatic N) is 1. The molecule has 0 aliphatic rings. The van der Waals surface area contributed by atoms with Gasteiger partial charge in [-0.15, -0.1) is 0 Å². The van der Waals surface area contributed by atoms with Crippen molar-refractivity contribution in [1.82, 2.24) is 9.71 Å². The van der Waals surface area contributed by atoms with Crippen LogP contribution in [-0.2, 0) is 10.0 Å². The summed E-state index contributed by atoms with van der Waals surface area (Å²) >= 11 is 0. The van der Waals surface area contributed by atoms with Crippen LogP contribution in [0.2, 0.25) is 0 Å². The Kier molecular flexibility index (Phi) is 3.83. The molecule has 1 rings (SSSR count). The maximum atomic E-state index is 11.3. The normalized spacial score (nSPS) is 14.1. The van der Waals surface area contributed by atoms with Crippen LogP contribution in [-0.4, -0.2) is 30.9 Å². The summed E-state index contributed by atoms with van der Waals surface area (Å²) in [6.07, 6.45) is 1.52. The van der Waals surface area contributed by atoms with Crippen LogP contribution >= 0.6 is 0 Å². The average molecular weight is 234 g/mol. The minimum Gasteiger partial charge on any atom is -0.444 e. The van der Waals surface area contributed by atoms with Crippen molar-refractivity contribution in [1.29, 1.82) is 0 Å². The molecule has 2 N–H and O–H groups in total. The fourth-order valence-electron chi connectivity index (χ4n) is 1.07. The molecule has 1 unspecified atom stereocenters. The third-order valence-corrected chi connectivity index (χ3v) is 3.16. The van der Waals surface area contributed by atoms with Crippen LogP contribution < -0.4 is 4.72 Å². The summed E-state index contributed by atoms with van der Waals surface area (Å²) in [5, 5.41) is 8.53. The molecule has 0 spiro atoms. The van der Waals surface area contributed by atoms with Crippen LogP contribution in [0.25, 0.3) is 0 Å². The summed E-state index contributed by atoms with van der Waals surface area (Å²) in [4.78, 5) is 3.90. The van der Waals surface area contributed by atoms with Crippen LogP contribution in [0.3, 0.4) is 0 Å². The fraction of sp³-hybridized carbons (Fsp3) is 0.625. The van der Waals surface area contributed by atoms with Gasteiger partial charge in [-0.1, -0.05) is 0 Å². The van der Waals surface area contributed by atoms with Crippen molar-refractivity contribution in [2.24, 2.45) is 0 Å². The van der Waals surface area contributed by atoms with Gasteiger partial charge in [-0.25, -0.2) is 18.1 Å². The van der Waals surface area contributed by atoms with Gasteiger partial charge in [-0.2, -0.15) is 0 Å². The maximum absolute atomic E-state index is 11.3. The summed E-state index contributed by atoms with van der Waals surface area (Å²) in [6.45, 7) is 2.94. The Balaban J connectivity index is 2.67. The van der Waals surface area contributed by atoms with Gasteiger partial charge in [0, 0.05) is 0 Å². The van der Waals surface area contributed by atoms with Gasteiger partial charge in [0.2, 0.25) is 15.9 Å². The van der Waals surface area contributed by atoms with Crippen LogP contribution in [0.5, 0.6) is 0 Å². The minimum atomic E-state index is -3.47. The molecule has 7 heteroatoms. The molecule has 15 heavy (non-hydrogen) atoms. The van der Waals surface area contributed by atoms with Gasteiger partial charge >= 0.3 is 0 Å². The zero-order valence-electron chi connectivity index (χ0n) is 8.60. The number of aliphatic hydroxyl groups is 1. The van der Waals surface area contributed by atoms with E-state index in [1.165, 1.54) is 6.20 Å². The van der Waals surface area contributed by atoms with Gasteiger partial charge in [0.1, 0.15) is 5.76 Å². The fourth-order valence-corrected chi connectivity index (χ4v) is 2.07. The molecule has 0 saturated heterocycles. The highest BCUT2D eigenvalue weighted by molar-refractivity contribution is 7.89.